The van der Waals surface area contributed by atoms with Crippen LogP contribution in [0, 0.1) is 5.82 Å². The topological polar surface area (TPSA) is 17.1 Å². The number of ketones is 1. The van der Waals surface area contributed by atoms with E-state index in [1.54, 1.807) is 12.1 Å². The number of benzene rings is 1. The fraction of sp³-hybridized carbons (Fsp3) is 0.400. The van der Waals surface area contributed by atoms with E-state index in [4.69, 9.17) is 0 Å². The molecule has 0 bridgehead atoms. The maximum absolute atomic E-state index is 13.3. The zero-order valence-electron chi connectivity index (χ0n) is 9.92. The van der Waals surface area contributed by atoms with Gasteiger partial charge in [0.2, 0.25) is 0 Å². The summed E-state index contributed by atoms with van der Waals surface area (Å²) in [6, 6.07) is 6.44. The zero-order valence-corrected chi connectivity index (χ0v) is 9.92. The lowest BCUT2D eigenvalue weighted by Crippen LogP contribution is -2.38. The molecular weight excluding hydrogens is 215 g/mol. The van der Waals surface area contributed by atoms with Gasteiger partial charge in [0, 0.05) is 6.42 Å². The lowest BCUT2D eigenvalue weighted by molar-refractivity contribution is -0.126. The van der Waals surface area contributed by atoms with Crippen LogP contribution in [0.1, 0.15) is 37.7 Å². The first-order valence-electron chi connectivity index (χ1n) is 6.09. The van der Waals surface area contributed by atoms with Crippen LogP contribution in [-0.4, -0.2) is 5.78 Å². The quantitative estimate of drug-likeness (QED) is 0.725. The molecule has 0 heterocycles. The van der Waals surface area contributed by atoms with Crippen molar-refractivity contribution in [2.24, 2.45) is 0 Å². The molecule has 1 atom stereocenters. The monoisotopic (exact) mass is 232 g/mol. The van der Waals surface area contributed by atoms with Gasteiger partial charge < -0.3 is 0 Å². The Morgan fingerprint density at radius 2 is 2.24 bits per heavy atom. The van der Waals surface area contributed by atoms with Crippen molar-refractivity contribution in [1.29, 1.82) is 0 Å². The van der Waals surface area contributed by atoms with Crippen molar-refractivity contribution >= 4 is 5.78 Å². The molecule has 0 aliphatic heterocycles. The highest BCUT2D eigenvalue weighted by molar-refractivity contribution is 5.91. The van der Waals surface area contributed by atoms with Crippen LogP contribution in [0.15, 0.2) is 36.9 Å². The van der Waals surface area contributed by atoms with Gasteiger partial charge in [-0.2, -0.15) is 0 Å². The molecule has 1 unspecified atom stereocenters. The predicted molar refractivity (Wildman–Crippen MR) is 66.4 cm³/mol. The van der Waals surface area contributed by atoms with Gasteiger partial charge in [0.25, 0.3) is 0 Å². The smallest absolute Gasteiger partial charge is 0.143 e. The van der Waals surface area contributed by atoms with Gasteiger partial charge in [0.1, 0.15) is 11.6 Å². The van der Waals surface area contributed by atoms with E-state index < -0.39 is 5.41 Å². The summed E-state index contributed by atoms with van der Waals surface area (Å²) in [5.41, 5.74) is 0.282. The van der Waals surface area contributed by atoms with E-state index in [2.05, 4.69) is 6.58 Å². The van der Waals surface area contributed by atoms with Crippen molar-refractivity contribution in [3.05, 3.63) is 48.3 Å². The third-order valence-corrected chi connectivity index (χ3v) is 3.66. The lowest BCUT2D eigenvalue weighted by atomic mass is 9.66. The highest BCUT2D eigenvalue weighted by Crippen LogP contribution is 2.40. The van der Waals surface area contributed by atoms with Crippen LogP contribution in [0.2, 0.25) is 0 Å². The number of allylic oxidation sites excluding steroid dienone is 1. The molecule has 1 nitrogen and oxygen atoms in total. The molecule has 1 fully saturated rings. The fourth-order valence-electron chi connectivity index (χ4n) is 2.76. The Labute approximate surface area is 101 Å². The summed E-state index contributed by atoms with van der Waals surface area (Å²) < 4.78 is 13.3. The van der Waals surface area contributed by atoms with Crippen LogP contribution in [0.3, 0.4) is 0 Å². The van der Waals surface area contributed by atoms with Crippen molar-refractivity contribution < 1.29 is 9.18 Å². The van der Waals surface area contributed by atoms with Crippen LogP contribution in [0.5, 0.6) is 0 Å². The minimum absolute atomic E-state index is 0.231. The number of hydrogen-bond acceptors (Lipinski definition) is 1. The van der Waals surface area contributed by atoms with Crippen molar-refractivity contribution in [1.82, 2.24) is 0 Å². The lowest BCUT2D eigenvalue weighted by Gasteiger charge is -2.35. The van der Waals surface area contributed by atoms with Crippen molar-refractivity contribution in [3.63, 3.8) is 0 Å². The van der Waals surface area contributed by atoms with Crippen LogP contribution in [0.25, 0.3) is 0 Å². The summed E-state index contributed by atoms with van der Waals surface area (Å²) in [6.07, 6.45) is 5.76. The van der Waals surface area contributed by atoms with E-state index >= 15 is 0 Å². The molecule has 90 valence electrons. The molecule has 0 saturated heterocycles. The summed E-state index contributed by atoms with van der Waals surface area (Å²) in [4.78, 5) is 12.2. The van der Waals surface area contributed by atoms with Crippen molar-refractivity contribution in [2.75, 3.05) is 0 Å². The first kappa shape index (κ1) is 12.0. The van der Waals surface area contributed by atoms with E-state index in [0.29, 0.717) is 12.8 Å². The van der Waals surface area contributed by atoms with E-state index in [0.717, 1.165) is 24.8 Å². The van der Waals surface area contributed by atoms with Gasteiger partial charge in [-0.3, -0.25) is 4.79 Å². The molecule has 0 aromatic heterocycles. The first-order chi connectivity index (χ1) is 8.19. The summed E-state index contributed by atoms with van der Waals surface area (Å²) in [5.74, 6) is -0.0430. The van der Waals surface area contributed by atoms with Crippen LogP contribution in [-0.2, 0) is 10.2 Å². The Morgan fingerprint density at radius 3 is 2.88 bits per heavy atom. The van der Waals surface area contributed by atoms with Crippen molar-refractivity contribution in [3.8, 4) is 0 Å². The van der Waals surface area contributed by atoms with Gasteiger partial charge in [-0.05, 0) is 37.0 Å². The van der Waals surface area contributed by atoms with Gasteiger partial charge in [0.15, 0.2) is 0 Å². The molecule has 2 rings (SSSR count). The Balaban J connectivity index is 2.46. The minimum Gasteiger partial charge on any atom is -0.299 e. The molecule has 2 heteroatoms. The normalized spacial score (nSPS) is 24.6. The Kier molecular flexibility index (Phi) is 3.41. The summed E-state index contributed by atoms with van der Waals surface area (Å²) in [7, 11) is 0. The molecule has 0 radical (unpaired) electrons. The average molecular weight is 232 g/mol. The standard InChI is InChI=1S/C15H17FO/c1-2-9-15(10-4-3-8-14(15)17)12-6-5-7-13(16)11-12/h2,5-7,11H,1,3-4,8-10H2. The van der Waals surface area contributed by atoms with Gasteiger partial charge in [0.05, 0.1) is 5.41 Å². The second-order valence-electron chi connectivity index (χ2n) is 4.72. The first-order valence-corrected chi connectivity index (χ1v) is 6.09. The third-order valence-electron chi connectivity index (χ3n) is 3.66. The number of rotatable bonds is 3. The summed E-state index contributed by atoms with van der Waals surface area (Å²) in [5, 5.41) is 0. The summed E-state index contributed by atoms with van der Waals surface area (Å²) in [6.45, 7) is 3.74. The number of carbonyl (C=O) groups excluding carboxylic acids is 1. The van der Waals surface area contributed by atoms with E-state index in [1.165, 1.54) is 12.1 Å². The highest BCUT2D eigenvalue weighted by Gasteiger charge is 2.40. The number of Topliss-reactive ketones (excluding diaryl/α,β-unsaturated/α-hetero) is 1. The van der Waals surface area contributed by atoms with Crippen LogP contribution in [0.4, 0.5) is 4.39 Å². The SMILES string of the molecule is C=CCC1(c2cccc(F)c2)CCCCC1=O. The van der Waals surface area contributed by atoms with Gasteiger partial charge in [-0.1, -0.05) is 24.6 Å². The molecule has 1 saturated carbocycles. The minimum atomic E-state index is -0.526. The van der Waals surface area contributed by atoms with Gasteiger partial charge in [-0.25, -0.2) is 4.39 Å². The molecular formula is C15H17FO. The molecule has 17 heavy (non-hydrogen) atoms. The van der Waals surface area contributed by atoms with Crippen LogP contribution >= 0.6 is 0 Å². The molecule has 0 spiro atoms. The van der Waals surface area contributed by atoms with Gasteiger partial charge in [-0.15, -0.1) is 6.58 Å². The molecule has 1 aliphatic carbocycles. The van der Waals surface area contributed by atoms with E-state index in [9.17, 15) is 9.18 Å². The largest absolute Gasteiger partial charge is 0.299 e. The average Bonchev–Trinajstić information content (AvgIpc) is 2.32. The van der Waals surface area contributed by atoms with E-state index in [-0.39, 0.29) is 11.6 Å². The zero-order chi connectivity index (χ0) is 12.3. The summed E-state index contributed by atoms with van der Waals surface area (Å²) >= 11 is 0. The van der Waals surface area contributed by atoms with E-state index in [1.807, 2.05) is 6.07 Å². The van der Waals surface area contributed by atoms with Crippen LogP contribution < -0.4 is 0 Å². The maximum Gasteiger partial charge on any atom is 0.143 e. The molecule has 0 N–H and O–H groups in total. The third kappa shape index (κ3) is 2.17. The maximum atomic E-state index is 13.3. The van der Waals surface area contributed by atoms with Crippen molar-refractivity contribution in [2.45, 2.75) is 37.5 Å². The fourth-order valence-corrected chi connectivity index (χ4v) is 2.76. The molecule has 1 aromatic carbocycles. The Bertz CT molecular complexity index is 438. The number of carbonyl (C=O) groups is 1. The predicted octanol–water partition coefficient (Wildman–Crippen LogP) is 3.78. The Morgan fingerprint density at radius 1 is 1.41 bits per heavy atom. The van der Waals surface area contributed by atoms with Gasteiger partial charge >= 0.3 is 0 Å². The number of hydrogen-bond donors (Lipinski definition) is 0. The molecule has 1 aromatic rings. The number of halogens is 1. The second kappa shape index (κ2) is 4.82. The highest BCUT2D eigenvalue weighted by atomic mass is 19.1. The molecule has 1 aliphatic rings. The second-order valence-corrected chi connectivity index (χ2v) is 4.72. The molecule has 0 amide bonds. The Hall–Kier alpha value is -1.44.